The third-order valence-corrected chi connectivity index (χ3v) is 6.18. The Balaban J connectivity index is 0.00000225. The zero-order valence-corrected chi connectivity index (χ0v) is 17.5. The molecule has 2 saturated heterocycles. The van der Waals surface area contributed by atoms with E-state index in [-0.39, 0.29) is 18.3 Å². The Hall–Kier alpha value is -1.35. The van der Waals surface area contributed by atoms with Crippen molar-refractivity contribution < 1.29 is 9.53 Å². The number of amides is 1. The second kappa shape index (κ2) is 9.91. The first-order valence-electron chi connectivity index (χ1n) is 10.3. The maximum Gasteiger partial charge on any atom is 0.244 e. The van der Waals surface area contributed by atoms with Crippen molar-refractivity contribution in [2.24, 2.45) is 5.92 Å². The van der Waals surface area contributed by atoms with Crippen molar-refractivity contribution in [3.8, 4) is 0 Å². The van der Waals surface area contributed by atoms with Crippen LogP contribution in [0.25, 0.3) is 0 Å². The van der Waals surface area contributed by atoms with Crippen LogP contribution < -0.4 is 10.6 Å². The lowest BCUT2D eigenvalue weighted by Gasteiger charge is -2.33. The molecule has 3 heterocycles. The van der Waals surface area contributed by atoms with E-state index in [4.69, 9.17) is 4.74 Å². The van der Waals surface area contributed by atoms with Crippen molar-refractivity contribution in [3.63, 3.8) is 0 Å². The lowest BCUT2D eigenvalue weighted by molar-refractivity contribution is -0.133. The summed E-state index contributed by atoms with van der Waals surface area (Å²) in [5, 5.41) is 11.7. The van der Waals surface area contributed by atoms with Gasteiger partial charge in [-0.1, -0.05) is 6.42 Å². The van der Waals surface area contributed by atoms with Gasteiger partial charge < -0.3 is 25.2 Å². The second-order valence-electron chi connectivity index (χ2n) is 8.09. The van der Waals surface area contributed by atoms with Crippen LogP contribution in [0.5, 0.6) is 0 Å². The summed E-state index contributed by atoms with van der Waals surface area (Å²) in [7, 11) is 2.10. The maximum absolute atomic E-state index is 12.5. The molecule has 1 amide bonds. The standard InChI is InChI=1S/C19H32N6O2.ClH/c1-23-6-8-24(9-7-23)19(26)13-25-12-15(11-21-25)22-17-4-2-3-16(17)18-14-27-10-5-20-18;/h11-12,16-18,20,22H,2-10,13-14H2,1H3;1H. The highest BCUT2D eigenvalue weighted by molar-refractivity contribution is 5.85. The molecule has 158 valence electrons. The van der Waals surface area contributed by atoms with Gasteiger partial charge in [0.05, 0.1) is 25.1 Å². The van der Waals surface area contributed by atoms with Crippen LogP contribution in [-0.4, -0.2) is 90.6 Å². The summed E-state index contributed by atoms with van der Waals surface area (Å²) in [4.78, 5) is 16.7. The molecule has 1 aliphatic carbocycles. The number of rotatable bonds is 5. The van der Waals surface area contributed by atoms with Crippen molar-refractivity contribution in [1.29, 1.82) is 0 Å². The molecule has 3 aliphatic rings. The van der Waals surface area contributed by atoms with Crippen molar-refractivity contribution in [2.45, 2.75) is 37.9 Å². The Bertz CT molecular complexity index is 628. The van der Waals surface area contributed by atoms with E-state index in [1.54, 1.807) is 4.68 Å². The maximum atomic E-state index is 12.5. The number of halogens is 1. The summed E-state index contributed by atoms with van der Waals surface area (Å²) >= 11 is 0. The molecule has 3 unspecified atom stereocenters. The zero-order chi connectivity index (χ0) is 18.6. The van der Waals surface area contributed by atoms with Crippen molar-refractivity contribution >= 4 is 24.0 Å². The molecule has 9 heteroatoms. The first-order valence-corrected chi connectivity index (χ1v) is 10.3. The summed E-state index contributed by atoms with van der Waals surface area (Å²) in [6.45, 7) is 6.39. The lowest BCUT2D eigenvalue weighted by atomic mass is 9.94. The fraction of sp³-hybridized carbons (Fsp3) is 0.789. The van der Waals surface area contributed by atoms with Gasteiger partial charge in [0, 0.05) is 51.0 Å². The molecule has 3 atom stereocenters. The van der Waals surface area contributed by atoms with Gasteiger partial charge in [0.1, 0.15) is 6.54 Å². The number of hydrogen-bond acceptors (Lipinski definition) is 6. The molecule has 1 aromatic heterocycles. The van der Waals surface area contributed by atoms with Crippen LogP contribution in [0.15, 0.2) is 12.4 Å². The SMILES string of the molecule is CN1CCN(C(=O)Cn2cc(NC3CCCC3C3COCCN3)cn2)CC1.Cl. The monoisotopic (exact) mass is 412 g/mol. The average molecular weight is 413 g/mol. The summed E-state index contributed by atoms with van der Waals surface area (Å²) in [5.74, 6) is 0.737. The van der Waals surface area contributed by atoms with Crippen LogP contribution >= 0.6 is 12.4 Å². The highest BCUT2D eigenvalue weighted by Crippen LogP contribution is 2.31. The van der Waals surface area contributed by atoms with Gasteiger partial charge in [0.25, 0.3) is 0 Å². The smallest absolute Gasteiger partial charge is 0.244 e. The molecule has 0 spiro atoms. The van der Waals surface area contributed by atoms with E-state index in [1.165, 1.54) is 19.3 Å². The molecule has 0 bridgehead atoms. The number of nitrogens with zero attached hydrogens (tertiary/aromatic N) is 4. The fourth-order valence-electron chi connectivity index (χ4n) is 4.54. The minimum Gasteiger partial charge on any atom is -0.379 e. The highest BCUT2D eigenvalue weighted by atomic mass is 35.5. The molecule has 0 radical (unpaired) electrons. The van der Waals surface area contributed by atoms with Crippen molar-refractivity contribution in [3.05, 3.63) is 12.4 Å². The third kappa shape index (κ3) is 5.17. The summed E-state index contributed by atoms with van der Waals surface area (Å²) in [6, 6.07) is 0.878. The molecule has 3 fully saturated rings. The van der Waals surface area contributed by atoms with Crippen LogP contribution in [0.2, 0.25) is 0 Å². The normalized spacial score (nSPS) is 28.8. The number of carbonyl (C=O) groups excluding carboxylic acids is 1. The van der Waals surface area contributed by atoms with Crippen molar-refractivity contribution in [2.75, 3.05) is 58.3 Å². The van der Waals surface area contributed by atoms with Gasteiger partial charge in [-0.05, 0) is 25.8 Å². The predicted octanol–water partition coefficient (Wildman–Crippen LogP) is 0.648. The first kappa shape index (κ1) is 21.4. The number of likely N-dealkylation sites (N-methyl/N-ethyl adjacent to an activating group) is 1. The number of carbonyl (C=O) groups is 1. The fourth-order valence-corrected chi connectivity index (χ4v) is 4.54. The molecule has 2 N–H and O–H groups in total. The van der Waals surface area contributed by atoms with Gasteiger partial charge in [0.2, 0.25) is 5.91 Å². The van der Waals surface area contributed by atoms with Gasteiger partial charge in [-0.3, -0.25) is 9.48 Å². The molecule has 4 rings (SSSR count). The Morgan fingerprint density at radius 2 is 2.14 bits per heavy atom. The quantitative estimate of drug-likeness (QED) is 0.739. The predicted molar refractivity (Wildman–Crippen MR) is 111 cm³/mol. The Labute approximate surface area is 173 Å². The molecule has 2 aliphatic heterocycles. The molecular formula is C19H33ClN6O2. The first-order chi connectivity index (χ1) is 13.2. The van der Waals surface area contributed by atoms with Crippen molar-refractivity contribution in [1.82, 2.24) is 24.9 Å². The van der Waals surface area contributed by atoms with Crippen LogP contribution in [-0.2, 0) is 16.1 Å². The van der Waals surface area contributed by atoms with Crippen LogP contribution in [0.4, 0.5) is 5.69 Å². The zero-order valence-electron chi connectivity index (χ0n) is 16.7. The third-order valence-electron chi connectivity index (χ3n) is 6.18. The summed E-state index contributed by atoms with van der Waals surface area (Å²) in [6.07, 6.45) is 7.46. The van der Waals surface area contributed by atoms with Crippen LogP contribution in [0.1, 0.15) is 19.3 Å². The van der Waals surface area contributed by atoms with E-state index in [0.29, 0.717) is 24.5 Å². The number of ether oxygens (including phenoxy) is 1. The molecular weight excluding hydrogens is 380 g/mol. The number of aromatic nitrogens is 2. The number of nitrogens with one attached hydrogen (secondary N) is 2. The molecule has 8 nitrogen and oxygen atoms in total. The van der Waals surface area contributed by atoms with E-state index in [0.717, 1.165) is 51.6 Å². The largest absolute Gasteiger partial charge is 0.379 e. The Morgan fingerprint density at radius 1 is 1.32 bits per heavy atom. The van der Waals surface area contributed by atoms with E-state index in [9.17, 15) is 4.79 Å². The van der Waals surface area contributed by atoms with Crippen LogP contribution in [0.3, 0.4) is 0 Å². The number of morpholine rings is 1. The Kier molecular flexibility index (Phi) is 7.56. The van der Waals surface area contributed by atoms with E-state index < -0.39 is 0 Å². The van der Waals surface area contributed by atoms with Gasteiger partial charge in [0.15, 0.2) is 0 Å². The highest BCUT2D eigenvalue weighted by Gasteiger charge is 2.34. The number of piperazine rings is 1. The topological polar surface area (TPSA) is 74.7 Å². The van der Waals surface area contributed by atoms with Crippen LogP contribution in [0, 0.1) is 5.92 Å². The lowest BCUT2D eigenvalue weighted by Crippen LogP contribution is -2.49. The molecule has 28 heavy (non-hydrogen) atoms. The summed E-state index contributed by atoms with van der Waals surface area (Å²) in [5.41, 5.74) is 1.01. The molecule has 1 aromatic rings. The second-order valence-corrected chi connectivity index (χ2v) is 8.09. The average Bonchev–Trinajstić information content (AvgIpc) is 3.33. The van der Waals surface area contributed by atoms with Gasteiger partial charge in [-0.25, -0.2) is 0 Å². The van der Waals surface area contributed by atoms with E-state index in [2.05, 4.69) is 27.7 Å². The number of anilines is 1. The van der Waals surface area contributed by atoms with Gasteiger partial charge >= 0.3 is 0 Å². The summed E-state index contributed by atoms with van der Waals surface area (Å²) < 4.78 is 7.41. The Morgan fingerprint density at radius 3 is 2.89 bits per heavy atom. The number of hydrogen-bond donors (Lipinski definition) is 2. The van der Waals surface area contributed by atoms with Gasteiger partial charge in [-0.2, -0.15) is 5.10 Å². The van der Waals surface area contributed by atoms with E-state index in [1.807, 2.05) is 17.3 Å². The minimum absolute atomic E-state index is 0. The van der Waals surface area contributed by atoms with Gasteiger partial charge in [-0.15, -0.1) is 12.4 Å². The molecule has 1 saturated carbocycles. The molecule has 0 aromatic carbocycles. The minimum atomic E-state index is 0. The van der Waals surface area contributed by atoms with E-state index >= 15 is 0 Å².